The number of hydrogen-bond acceptors (Lipinski definition) is 6. The Morgan fingerprint density at radius 3 is 2.78 bits per heavy atom. The van der Waals surface area contributed by atoms with E-state index in [0.717, 1.165) is 78.8 Å². The Balaban J connectivity index is 1.28. The molecule has 0 atom stereocenters. The number of fused-ring (bicyclic) bond motifs is 1. The molecular formula is C24H28N6O2. The minimum atomic E-state index is -0.000438. The third-order valence-electron chi connectivity index (χ3n) is 6.42. The number of ether oxygens (including phenoxy) is 1. The summed E-state index contributed by atoms with van der Waals surface area (Å²) in [6.07, 6.45) is 4.29. The molecule has 3 aromatic rings. The minimum absolute atomic E-state index is 0.000438. The monoisotopic (exact) mass is 432 g/mol. The molecule has 8 nitrogen and oxygen atoms in total. The standard InChI is InChI=1S/C24H28N6O2/c1-15-16(2)27-28-23(15)22(31)11-18-10-20-12-21(26-24(20)25-13-18)19-4-5-30(14-19)17(3)29-6-8-32-9-7-29/h4,10,12-13H,3,5-9,11,14H2,1-2H3,(H,25,26)(H,27,28). The first-order chi connectivity index (χ1) is 15.5. The van der Waals surface area contributed by atoms with E-state index in [1.54, 1.807) is 6.20 Å². The Kier molecular flexibility index (Phi) is 5.30. The molecule has 1 saturated heterocycles. The number of Topliss-reactive ketones (excluding diaryl/α,β-unsaturated/α-hetero) is 1. The Morgan fingerprint density at radius 2 is 2.03 bits per heavy atom. The fourth-order valence-corrected chi connectivity index (χ4v) is 4.32. The highest BCUT2D eigenvalue weighted by Gasteiger charge is 2.23. The zero-order valence-electron chi connectivity index (χ0n) is 18.6. The van der Waals surface area contributed by atoms with Crippen molar-refractivity contribution in [3.8, 4) is 0 Å². The second kappa shape index (κ2) is 8.27. The van der Waals surface area contributed by atoms with Gasteiger partial charge in [-0.15, -0.1) is 0 Å². The molecule has 5 rings (SSSR count). The molecule has 0 amide bonds. The van der Waals surface area contributed by atoms with Gasteiger partial charge in [0, 0.05) is 61.1 Å². The van der Waals surface area contributed by atoms with Crippen LogP contribution in [0.5, 0.6) is 0 Å². The lowest BCUT2D eigenvalue weighted by atomic mass is 10.0. The molecule has 32 heavy (non-hydrogen) atoms. The highest BCUT2D eigenvalue weighted by atomic mass is 16.5. The zero-order chi connectivity index (χ0) is 22.2. The molecule has 0 bridgehead atoms. The van der Waals surface area contributed by atoms with Gasteiger partial charge in [-0.2, -0.15) is 5.10 Å². The van der Waals surface area contributed by atoms with Crippen molar-refractivity contribution in [1.29, 1.82) is 0 Å². The summed E-state index contributed by atoms with van der Waals surface area (Å²) in [7, 11) is 0. The second-order valence-corrected chi connectivity index (χ2v) is 8.51. The van der Waals surface area contributed by atoms with Crippen LogP contribution >= 0.6 is 0 Å². The van der Waals surface area contributed by atoms with Crippen LogP contribution in [0.15, 0.2) is 36.8 Å². The number of aromatic nitrogens is 4. The van der Waals surface area contributed by atoms with Gasteiger partial charge in [-0.25, -0.2) is 4.98 Å². The van der Waals surface area contributed by atoms with E-state index < -0.39 is 0 Å². The first kappa shape index (κ1) is 20.5. The molecule has 3 aromatic heterocycles. The topological polar surface area (TPSA) is 90.1 Å². The fraction of sp³-hybridized carbons (Fsp3) is 0.375. The lowest BCUT2D eigenvalue weighted by Gasteiger charge is -2.35. The molecule has 8 heteroatoms. The number of nitrogens with one attached hydrogen (secondary N) is 2. The van der Waals surface area contributed by atoms with Gasteiger partial charge in [-0.3, -0.25) is 9.89 Å². The van der Waals surface area contributed by atoms with Crippen molar-refractivity contribution in [3.63, 3.8) is 0 Å². The molecule has 0 aromatic carbocycles. The lowest BCUT2D eigenvalue weighted by Crippen LogP contribution is -2.41. The first-order valence-corrected chi connectivity index (χ1v) is 11.0. The van der Waals surface area contributed by atoms with Gasteiger partial charge in [0.2, 0.25) is 0 Å². The molecule has 0 aliphatic carbocycles. The Bertz CT molecular complexity index is 1210. The van der Waals surface area contributed by atoms with Crippen LogP contribution in [0.25, 0.3) is 16.6 Å². The SMILES string of the molecule is C=C(N1CCOCC1)N1CC=C(c2cc3cc(CC(=O)c4n[nH]c(C)c4C)cnc3[nH]2)C1. The van der Waals surface area contributed by atoms with E-state index in [2.05, 4.69) is 48.7 Å². The van der Waals surface area contributed by atoms with Crippen LogP contribution in [0.3, 0.4) is 0 Å². The predicted octanol–water partition coefficient (Wildman–Crippen LogP) is 2.83. The summed E-state index contributed by atoms with van der Waals surface area (Å²) in [4.78, 5) is 25.2. The molecule has 0 radical (unpaired) electrons. The molecule has 5 heterocycles. The number of H-pyrrole nitrogens is 2. The summed E-state index contributed by atoms with van der Waals surface area (Å²) >= 11 is 0. The highest BCUT2D eigenvalue weighted by Crippen LogP contribution is 2.27. The molecule has 2 N–H and O–H groups in total. The minimum Gasteiger partial charge on any atom is -0.378 e. The van der Waals surface area contributed by atoms with Crippen molar-refractivity contribution < 1.29 is 9.53 Å². The quantitative estimate of drug-likeness (QED) is 0.582. The molecule has 2 aliphatic heterocycles. The number of rotatable bonds is 6. The number of pyridine rings is 1. The maximum absolute atomic E-state index is 12.7. The number of carbonyl (C=O) groups excluding carboxylic acids is 1. The van der Waals surface area contributed by atoms with Crippen LogP contribution in [-0.2, 0) is 11.2 Å². The van der Waals surface area contributed by atoms with Gasteiger partial charge in [0.05, 0.1) is 19.0 Å². The Labute approximate surface area is 187 Å². The second-order valence-electron chi connectivity index (χ2n) is 8.51. The first-order valence-electron chi connectivity index (χ1n) is 11.0. The van der Waals surface area contributed by atoms with Crippen LogP contribution in [-0.4, -0.2) is 75.1 Å². The van der Waals surface area contributed by atoms with Crippen LogP contribution in [0.4, 0.5) is 0 Å². The molecule has 2 aliphatic rings. The van der Waals surface area contributed by atoms with Crippen molar-refractivity contribution in [2.75, 3.05) is 39.4 Å². The Morgan fingerprint density at radius 1 is 1.22 bits per heavy atom. The van der Waals surface area contributed by atoms with Gasteiger partial charge < -0.3 is 19.5 Å². The molecule has 1 fully saturated rings. The molecule has 166 valence electrons. The fourth-order valence-electron chi connectivity index (χ4n) is 4.32. The largest absolute Gasteiger partial charge is 0.378 e. The summed E-state index contributed by atoms with van der Waals surface area (Å²) in [5.41, 5.74) is 6.35. The smallest absolute Gasteiger partial charge is 0.187 e. The van der Waals surface area contributed by atoms with E-state index in [4.69, 9.17) is 4.74 Å². The summed E-state index contributed by atoms with van der Waals surface area (Å²) in [6, 6.07) is 4.15. The summed E-state index contributed by atoms with van der Waals surface area (Å²) < 4.78 is 5.45. The van der Waals surface area contributed by atoms with Crippen LogP contribution in [0.2, 0.25) is 0 Å². The predicted molar refractivity (Wildman–Crippen MR) is 123 cm³/mol. The third-order valence-corrected chi connectivity index (χ3v) is 6.42. The molecule has 0 unspecified atom stereocenters. The average Bonchev–Trinajstić information content (AvgIpc) is 3.53. The van der Waals surface area contributed by atoms with E-state index in [1.165, 1.54) is 5.57 Å². The van der Waals surface area contributed by atoms with E-state index in [-0.39, 0.29) is 12.2 Å². The number of carbonyl (C=O) groups is 1. The van der Waals surface area contributed by atoms with Crippen molar-refractivity contribution in [3.05, 3.63) is 65.0 Å². The van der Waals surface area contributed by atoms with Crippen molar-refractivity contribution in [1.82, 2.24) is 30.0 Å². The van der Waals surface area contributed by atoms with Crippen LogP contribution in [0.1, 0.15) is 33.0 Å². The van der Waals surface area contributed by atoms with E-state index in [0.29, 0.717) is 5.69 Å². The van der Waals surface area contributed by atoms with Gasteiger partial charge in [0.1, 0.15) is 11.3 Å². The zero-order valence-corrected chi connectivity index (χ0v) is 18.6. The van der Waals surface area contributed by atoms with E-state index in [1.807, 2.05) is 19.9 Å². The number of morpholine rings is 1. The van der Waals surface area contributed by atoms with Crippen molar-refractivity contribution >= 4 is 22.4 Å². The van der Waals surface area contributed by atoms with Gasteiger partial charge in [-0.1, -0.05) is 12.7 Å². The van der Waals surface area contributed by atoms with Gasteiger partial charge in [0.25, 0.3) is 0 Å². The van der Waals surface area contributed by atoms with Crippen molar-refractivity contribution in [2.45, 2.75) is 20.3 Å². The van der Waals surface area contributed by atoms with Gasteiger partial charge >= 0.3 is 0 Å². The third kappa shape index (κ3) is 3.82. The maximum atomic E-state index is 12.7. The van der Waals surface area contributed by atoms with Crippen LogP contribution < -0.4 is 0 Å². The number of aryl methyl sites for hydroxylation is 1. The number of nitrogens with zero attached hydrogens (tertiary/aromatic N) is 4. The number of aromatic amines is 2. The normalized spacial score (nSPS) is 16.6. The average molecular weight is 433 g/mol. The Hall–Kier alpha value is -3.39. The van der Waals surface area contributed by atoms with Gasteiger partial charge in [-0.05, 0) is 37.1 Å². The summed E-state index contributed by atoms with van der Waals surface area (Å²) in [5.74, 6) is 1.05. The maximum Gasteiger partial charge on any atom is 0.187 e. The summed E-state index contributed by atoms with van der Waals surface area (Å²) in [6.45, 7) is 13.1. The van der Waals surface area contributed by atoms with Crippen molar-refractivity contribution in [2.24, 2.45) is 0 Å². The summed E-state index contributed by atoms with van der Waals surface area (Å²) in [5, 5.41) is 8.04. The van der Waals surface area contributed by atoms with E-state index in [9.17, 15) is 4.79 Å². The molecular weight excluding hydrogens is 404 g/mol. The number of ketones is 1. The molecule has 0 saturated carbocycles. The number of hydrogen-bond donors (Lipinski definition) is 2. The highest BCUT2D eigenvalue weighted by molar-refractivity contribution is 5.97. The van der Waals surface area contributed by atoms with Gasteiger partial charge in [0.15, 0.2) is 5.78 Å². The van der Waals surface area contributed by atoms with E-state index >= 15 is 0 Å². The van der Waals surface area contributed by atoms with Crippen LogP contribution in [0, 0.1) is 13.8 Å². The lowest BCUT2D eigenvalue weighted by molar-refractivity contribution is 0.0410. The molecule has 0 spiro atoms.